The Morgan fingerprint density at radius 1 is 1.32 bits per heavy atom. The minimum absolute atomic E-state index is 0.291. The number of benzene rings is 2. The molecule has 0 saturated carbocycles. The van der Waals surface area contributed by atoms with Gasteiger partial charge in [-0.15, -0.1) is 0 Å². The number of anilines is 1. The fourth-order valence-corrected chi connectivity index (χ4v) is 2.00. The Morgan fingerprint density at radius 3 is 2.74 bits per heavy atom. The number of rotatable bonds is 2. The Bertz CT molecular complexity index is 643. The first-order valence-corrected chi connectivity index (χ1v) is 6.33. The van der Waals surface area contributed by atoms with E-state index in [1.807, 2.05) is 13.0 Å². The summed E-state index contributed by atoms with van der Waals surface area (Å²) in [6.07, 6.45) is 0. The van der Waals surface area contributed by atoms with E-state index in [9.17, 15) is 9.18 Å². The zero-order valence-electron chi connectivity index (χ0n) is 10.1. The lowest BCUT2D eigenvalue weighted by Gasteiger charge is -2.09. The van der Waals surface area contributed by atoms with Crippen LogP contribution in [0.3, 0.4) is 0 Å². The molecule has 0 radical (unpaired) electrons. The molecular formula is C14H11BrFNO2. The molecule has 0 fully saturated rings. The number of phenolic OH excluding ortho intramolecular Hbond substituents is 1. The average Bonchev–Trinajstić information content (AvgIpc) is 2.37. The molecule has 0 aliphatic heterocycles. The molecule has 0 aliphatic carbocycles. The Balaban J connectivity index is 2.26. The smallest absolute Gasteiger partial charge is 0.255 e. The predicted octanol–water partition coefficient (Wildman–Crippen LogP) is 3.85. The van der Waals surface area contributed by atoms with E-state index in [1.54, 1.807) is 12.1 Å². The van der Waals surface area contributed by atoms with Gasteiger partial charge in [-0.3, -0.25) is 4.79 Å². The van der Waals surface area contributed by atoms with Crippen LogP contribution in [0.4, 0.5) is 10.1 Å². The van der Waals surface area contributed by atoms with Gasteiger partial charge in [-0.2, -0.15) is 0 Å². The standard InChI is InChI=1S/C14H11BrFNO2/c1-8-10(3-2-4-11(8)15)14(19)17-9-5-6-13(18)12(16)7-9/h2-7,18H,1H3,(H,17,19). The van der Waals surface area contributed by atoms with E-state index in [0.717, 1.165) is 16.1 Å². The number of hydrogen-bond acceptors (Lipinski definition) is 2. The van der Waals surface area contributed by atoms with Gasteiger partial charge < -0.3 is 10.4 Å². The van der Waals surface area contributed by atoms with E-state index in [4.69, 9.17) is 5.11 Å². The normalized spacial score (nSPS) is 10.3. The molecule has 2 rings (SSSR count). The summed E-state index contributed by atoms with van der Waals surface area (Å²) in [5.41, 5.74) is 1.60. The zero-order chi connectivity index (χ0) is 14.0. The van der Waals surface area contributed by atoms with Gasteiger partial charge in [0.15, 0.2) is 11.6 Å². The first kappa shape index (κ1) is 13.5. The van der Waals surface area contributed by atoms with Crippen LogP contribution in [0.2, 0.25) is 0 Å². The maximum absolute atomic E-state index is 13.2. The highest BCUT2D eigenvalue weighted by atomic mass is 79.9. The predicted molar refractivity (Wildman–Crippen MR) is 74.9 cm³/mol. The van der Waals surface area contributed by atoms with E-state index < -0.39 is 11.6 Å². The Morgan fingerprint density at radius 2 is 2.05 bits per heavy atom. The van der Waals surface area contributed by atoms with Crippen molar-refractivity contribution < 1.29 is 14.3 Å². The SMILES string of the molecule is Cc1c(Br)cccc1C(=O)Nc1ccc(O)c(F)c1. The van der Waals surface area contributed by atoms with Crippen molar-refractivity contribution >= 4 is 27.5 Å². The number of hydrogen-bond donors (Lipinski definition) is 2. The Kier molecular flexibility index (Phi) is 3.85. The van der Waals surface area contributed by atoms with Gasteiger partial charge in [0.05, 0.1) is 0 Å². The molecule has 0 aromatic heterocycles. The van der Waals surface area contributed by atoms with Crippen LogP contribution >= 0.6 is 15.9 Å². The molecule has 2 N–H and O–H groups in total. The van der Waals surface area contributed by atoms with Crippen molar-refractivity contribution in [2.24, 2.45) is 0 Å². The highest BCUT2D eigenvalue weighted by Gasteiger charge is 2.11. The van der Waals surface area contributed by atoms with Crippen molar-refractivity contribution in [1.82, 2.24) is 0 Å². The second-order valence-corrected chi connectivity index (χ2v) is 4.89. The van der Waals surface area contributed by atoms with E-state index in [-0.39, 0.29) is 5.91 Å². The largest absolute Gasteiger partial charge is 0.505 e. The van der Waals surface area contributed by atoms with Crippen molar-refractivity contribution in [3.05, 3.63) is 57.8 Å². The van der Waals surface area contributed by atoms with Crippen LogP contribution in [0.5, 0.6) is 5.75 Å². The summed E-state index contributed by atoms with van der Waals surface area (Å²) in [5, 5.41) is 11.7. The summed E-state index contributed by atoms with van der Waals surface area (Å²) >= 11 is 3.35. The summed E-state index contributed by atoms with van der Waals surface area (Å²) in [4.78, 5) is 12.1. The lowest BCUT2D eigenvalue weighted by Crippen LogP contribution is -2.13. The van der Waals surface area contributed by atoms with Crippen LogP contribution in [0.15, 0.2) is 40.9 Å². The molecule has 0 bridgehead atoms. The molecule has 0 unspecified atom stereocenters. The molecule has 2 aromatic rings. The third-order valence-electron chi connectivity index (χ3n) is 2.72. The van der Waals surface area contributed by atoms with Crippen LogP contribution in [0.1, 0.15) is 15.9 Å². The minimum Gasteiger partial charge on any atom is -0.505 e. The van der Waals surface area contributed by atoms with Crippen molar-refractivity contribution in [1.29, 1.82) is 0 Å². The molecule has 0 aliphatic rings. The zero-order valence-corrected chi connectivity index (χ0v) is 11.7. The molecule has 3 nitrogen and oxygen atoms in total. The van der Waals surface area contributed by atoms with Gasteiger partial charge in [0, 0.05) is 21.8 Å². The lowest BCUT2D eigenvalue weighted by atomic mass is 10.1. The first-order chi connectivity index (χ1) is 8.99. The number of carbonyl (C=O) groups excluding carboxylic acids is 1. The molecule has 19 heavy (non-hydrogen) atoms. The van der Waals surface area contributed by atoms with Gasteiger partial charge in [0.1, 0.15) is 0 Å². The molecule has 0 heterocycles. The van der Waals surface area contributed by atoms with E-state index in [0.29, 0.717) is 11.3 Å². The number of carbonyl (C=O) groups is 1. The highest BCUT2D eigenvalue weighted by Crippen LogP contribution is 2.22. The third kappa shape index (κ3) is 2.93. The topological polar surface area (TPSA) is 49.3 Å². The van der Waals surface area contributed by atoms with E-state index in [1.165, 1.54) is 12.1 Å². The molecule has 98 valence electrons. The van der Waals surface area contributed by atoms with Crippen molar-refractivity contribution in [3.8, 4) is 5.75 Å². The van der Waals surface area contributed by atoms with Crippen LogP contribution in [0, 0.1) is 12.7 Å². The molecular weight excluding hydrogens is 313 g/mol. The Hall–Kier alpha value is -1.88. The van der Waals surface area contributed by atoms with Gasteiger partial charge in [-0.25, -0.2) is 4.39 Å². The monoisotopic (exact) mass is 323 g/mol. The van der Waals surface area contributed by atoms with Crippen molar-refractivity contribution in [2.75, 3.05) is 5.32 Å². The van der Waals surface area contributed by atoms with Gasteiger partial charge in [-0.1, -0.05) is 22.0 Å². The molecule has 0 spiro atoms. The van der Waals surface area contributed by atoms with Crippen molar-refractivity contribution in [2.45, 2.75) is 6.92 Å². The maximum Gasteiger partial charge on any atom is 0.255 e. The number of amides is 1. The van der Waals surface area contributed by atoms with Crippen LogP contribution < -0.4 is 5.32 Å². The molecule has 0 saturated heterocycles. The Labute approximate surface area is 118 Å². The molecule has 2 aromatic carbocycles. The first-order valence-electron chi connectivity index (χ1n) is 5.54. The summed E-state index contributed by atoms with van der Waals surface area (Å²) in [6, 6.07) is 8.98. The summed E-state index contributed by atoms with van der Waals surface area (Å²) in [7, 11) is 0. The second-order valence-electron chi connectivity index (χ2n) is 4.03. The number of halogens is 2. The maximum atomic E-state index is 13.2. The third-order valence-corrected chi connectivity index (χ3v) is 3.58. The number of aromatic hydroxyl groups is 1. The fourth-order valence-electron chi connectivity index (χ4n) is 1.64. The molecule has 1 amide bonds. The van der Waals surface area contributed by atoms with Gasteiger partial charge in [-0.05, 0) is 36.8 Å². The van der Waals surface area contributed by atoms with Gasteiger partial charge in [0.25, 0.3) is 5.91 Å². The highest BCUT2D eigenvalue weighted by molar-refractivity contribution is 9.10. The van der Waals surface area contributed by atoms with Crippen LogP contribution in [-0.4, -0.2) is 11.0 Å². The lowest BCUT2D eigenvalue weighted by molar-refractivity contribution is 0.102. The number of nitrogens with one attached hydrogen (secondary N) is 1. The van der Waals surface area contributed by atoms with Crippen LogP contribution in [0.25, 0.3) is 0 Å². The van der Waals surface area contributed by atoms with Crippen molar-refractivity contribution in [3.63, 3.8) is 0 Å². The minimum atomic E-state index is -0.774. The number of phenols is 1. The van der Waals surface area contributed by atoms with E-state index >= 15 is 0 Å². The fraction of sp³-hybridized carbons (Fsp3) is 0.0714. The summed E-state index contributed by atoms with van der Waals surface area (Å²) in [5.74, 6) is -1.55. The van der Waals surface area contributed by atoms with Gasteiger partial charge >= 0.3 is 0 Å². The second kappa shape index (κ2) is 5.40. The quantitative estimate of drug-likeness (QED) is 0.824. The van der Waals surface area contributed by atoms with E-state index in [2.05, 4.69) is 21.2 Å². The summed E-state index contributed by atoms with van der Waals surface area (Å²) < 4.78 is 14.0. The molecule has 0 atom stereocenters. The average molecular weight is 324 g/mol. The van der Waals surface area contributed by atoms with Crippen LogP contribution in [-0.2, 0) is 0 Å². The van der Waals surface area contributed by atoms with Gasteiger partial charge in [0.2, 0.25) is 0 Å². The molecule has 5 heteroatoms. The summed E-state index contributed by atoms with van der Waals surface area (Å²) in [6.45, 7) is 1.82.